The van der Waals surface area contributed by atoms with Gasteiger partial charge in [0, 0.05) is 20.1 Å². The molecule has 2 atom stereocenters. The van der Waals surface area contributed by atoms with Crippen molar-refractivity contribution in [1.29, 1.82) is 0 Å². The van der Waals surface area contributed by atoms with Gasteiger partial charge < -0.3 is 15.3 Å². The molecule has 2 N–H and O–H groups in total. The molecular weight excluding hydrogens is 235 g/mol. The largest absolute Gasteiger partial charge is 0.390 e. The van der Waals surface area contributed by atoms with Crippen LogP contribution in [0.5, 0.6) is 0 Å². The van der Waals surface area contributed by atoms with Crippen LogP contribution in [0.2, 0.25) is 0 Å². The van der Waals surface area contributed by atoms with Gasteiger partial charge in [0.2, 0.25) is 5.91 Å². The molecule has 0 unspecified atom stereocenters. The number of hydrogen-bond acceptors (Lipinski definition) is 3. The number of amides is 1. The van der Waals surface area contributed by atoms with E-state index in [2.05, 4.69) is 5.32 Å². The molecule has 0 bridgehead atoms. The Morgan fingerprint density at radius 1 is 1.56 bits per heavy atom. The number of benzene rings is 1. The van der Waals surface area contributed by atoms with Crippen molar-refractivity contribution in [3.8, 4) is 0 Å². The first-order valence-electron chi connectivity index (χ1n) is 5.97. The molecule has 0 aromatic heterocycles. The summed E-state index contributed by atoms with van der Waals surface area (Å²) in [7, 11) is 1.67. The highest BCUT2D eigenvalue weighted by molar-refractivity contribution is 5.79. The molecule has 1 aromatic rings. The van der Waals surface area contributed by atoms with E-state index in [0.29, 0.717) is 18.7 Å². The van der Waals surface area contributed by atoms with E-state index in [9.17, 15) is 14.3 Å². The van der Waals surface area contributed by atoms with Gasteiger partial charge in [0.1, 0.15) is 5.82 Å². The zero-order chi connectivity index (χ0) is 13.1. The number of nitrogens with one attached hydrogen (secondary N) is 1. The molecule has 1 amide bonds. The smallest absolute Gasteiger partial charge is 0.227 e. The molecule has 1 saturated heterocycles. The molecule has 98 valence electrons. The van der Waals surface area contributed by atoms with E-state index < -0.39 is 6.10 Å². The second-order valence-electron chi connectivity index (χ2n) is 4.60. The minimum Gasteiger partial charge on any atom is -0.390 e. The van der Waals surface area contributed by atoms with Crippen LogP contribution in [0.4, 0.5) is 4.39 Å². The zero-order valence-corrected chi connectivity index (χ0v) is 10.3. The van der Waals surface area contributed by atoms with E-state index in [1.54, 1.807) is 19.2 Å². The summed E-state index contributed by atoms with van der Waals surface area (Å²) < 4.78 is 13.0. The topological polar surface area (TPSA) is 52.6 Å². The standard InChI is InChI=1S/C13H17FN2O2/c1-16(11-7-15-8-12(11)17)13(18)6-9-3-2-4-10(14)5-9/h2-5,11-12,15,17H,6-8H2,1H3/t11-,12-/m1/s1. The first kappa shape index (κ1) is 13.0. The first-order valence-corrected chi connectivity index (χ1v) is 5.97. The summed E-state index contributed by atoms with van der Waals surface area (Å²) in [5.74, 6) is -0.459. The number of aliphatic hydroxyl groups excluding tert-OH is 1. The molecular formula is C13H17FN2O2. The van der Waals surface area contributed by atoms with Crippen LogP contribution in [0.3, 0.4) is 0 Å². The molecule has 0 saturated carbocycles. The monoisotopic (exact) mass is 252 g/mol. The molecule has 1 aliphatic rings. The highest BCUT2D eigenvalue weighted by Gasteiger charge is 2.30. The van der Waals surface area contributed by atoms with Crippen LogP contribution in [0.15, 0.2) is 24.3 Å². The van der Waals surface area contributed by atoms with Gasteiger partial charge in [-0.05, 0) is 17.7 Å². The molecule has 1 heterocycles. The van der Waals surface area contributed by atoms with Crippen LogP contribution in [-0.4, -0.2) is 48.2 Å². The minimum atomic E-state index is -0.536. The Hall–Kier alpha value is -1.46. The van der Waals surface area contributed by atoms with Crippen molar-refractivity contribution < 1.29 is 14.3 Å². The maximum Gasteiger partial charge on any atom is 0.227 e. The van der Waals surface area contributed by atoms with Gasteiger partial charge >= 0.3 is 0 Å². The fraction of sp³-hybridized carbons (Fsp3) is 0.462. The summed E-state index contributed by atoms with van der Waals surface area (Å²) in [5.41, 5.74) is 0.646. The van der Waals surface area contributed by atoms with Crippen molar-refractivity contribution in [2.75, 3.05) is 20.1 Å². The van der Waals surface area contributed by atoms with Gasteiger partial charge in [-0.1, -0.05) is 12.1 Å². The maximum atomic E-state index is 13.0. The summed E-state index contributed by atoms with van der Waals surface area (Å²) in [4.78, 5) is 13.6. The summed E-state index contributed by atoms with van der Waals surface area (Å²) in [6.07, 6.45) is -0.385. The van der Waals surface area contributed by atoms with E-state index in [4.69, 9.17) is 0 Å². The van der Waals surface area contributed by atoms with Gasteiger partial charge in [-0.3, -0.25) is 4.79 Å². The number of halogens is 1. The summed E-state index contributed by atoms with van der Waals surface area (Å²) in [5, 5.41) is 12.7. The van der Waals surface area contributed by atoms with Crippen molar-refractivity contribution in [2.45, 2.75) is 18.6 Å². The Labute approximate surface area is 105 Å². The van der Waals surface area contributed by atoms with Crippen LogP contribution in [0.25, 0.3) is 0 Å². The predicted molar refractivity (Wildman–Crippen MR) is 65.5 cm³/mol. The third-order valence-corrected chi connectivity index (χ3v) is 3.29. The number of nitrogens with zero attached hydrogens (tertiary/aromatic N) is 1. The van der Waals surface area contributed by atoms with Crippen LogP contribution < -0.4 is 5.32 Å². The Morgan fingerprint density at radius 3 is 2.94 bits per heavy atom. The van der Waals surface area contributed by atoms with Crippen LogP contribution in [0.1, 0.15) is 5.56 Å². The van der Waals surface area contributed by atoms with Crippen LogP contribution >= 0.6 is 0 Å². The number of likely N-dealkylation sites (N-methyl/N-ethyl adjacent to an activating group) is 1. The lowest BCUT2D eigenvalue weighted by Gasteiger charge is -2.26. The second-order valence-corrected chi connectivity index (χ2v) is 4.60. The average Bonchev–Trinajstić information content (AvgIpc) is 2.74. The quantitative estimate of drug-likeness (QED) is 0.805. The van der Waals surface area contributed by atoms with Gasteiger partial charge in [-0.15, -0.1) is 0 Å². The molecule has 0 radical (unpaired) electrons. The first-order chi connectivity index (χ1) is 8.58. The van der Waals surface area contributed by atoms with Crippen LogP contribution in [0, 0.1) is 5.82 Å². The molecule has 1 aliphatic heterocycles. The fourth-order valence-electron chi connectivity index (χ4n) is 2.18. The third-order valence-electron chi connectivity index (χ3n) is 3.29. The SMILES string of the molecule is CN(C(=O)Cc1cccc(F)c1)[C@@H]1CNC[C@H]1O. The Balaban J connectivity index is 1.99. The van der Waals surface area contributed by atoms with E-state index in [1.165, 1.54) is 17.0 Å². The van der Waals surface area contributed by atoms with Crippen molar-refractivity contribution in [3.05, 3.63) is 35.6 Å². The van der Waals surface area contributed by atoms with Crippen molar-refractivity contribution in [1.82, 2.24) is 10.2 Å². The second kappa shape index (κ2) is 5.46. The van der Waals surface area contributed by atoms with Crippen LogP contribution in [-0.2, 0) is 11.2 Å². The maximum absolute atomic E-state index is 13.0. The number of β-amino-alcohol motifs (C(OH)–C–C–N with tert-alkyl or cyclic N) is 1. The van der Waals surface area contributed by atoms with Gasteiger partial charge in [0.15, 0.2) is 0 Å². The normalized spacial score (nSPS) is 23.1. The molecule has 2 rings (SSSR count). The highest BCUT2D eigenvalue weighted by Crippen LogP contribution is 2.11. The third kappa shape index (κ3) is 2.86. The number of rotatable bonds is 3. The van der Waals surface area contributed by atoms with E-state index >= 15 is 0 Å². The summed E-state index contributed by atoms with van der Waals surface area (Å²) >= 11 is 0. The van der Waals surface area contributed by atoms with Crippen molar-refractivity contribution >= 4 is 5.91 Å². The van der Waals surface area contributed by atoms with E-state index in [0.717, 1.165) is 0 Å². The molecule has 0 spiro atoms. The van der Waals surface area contributed by atoms with E-state index in [1.807, 2.05) is 0 Å². The Bertz CT molecular complexity index is 439. The lowest BCUT2D eigenvalue weighted by Crippen LogP contribution is -2.44. The van der Waals surface area contributed by atoms with Crippen molar-refractivity contribution in [2.24, 2.45) is 0 Å². The molecule has 1 fully saturated rings. The molecule has 0 aliphatic carbocycles. The highest BCUT2D eigenvalue weighted by atomic mass is 19.1. The summed E-state index contributed by atoms with van der Waals surface area (Å²) in [6, 6.07) is 5.81. The lowest BCUT2D eigenvalue weighted by molar-refractivity contribution is -0.132. The zero-order valence-electron chi connectivity index (χ0n) is 10.3. The fourth-order valence-corrected chi connectivity index (χ4v) is 2.18. The Morgan fingerprint density at radius 2 is 2.33 bits per heavy atom. The number of carbonyl (C=O) groups excluding carboxylic acids is 1. The molecule has 18 heavy (non-hydrogen) atoms. The molecule has 1 aromatic carbocycles. The molecule has 4 nitrogen and oxygen atoms in total. The average molecular weight is 252 g/mol. The van der Waals surface area contributed by atoms with Gasteiger partial charge in [0.05, 0.1) is 18.6 Å². The number of aliphatic hydroxyl groups is 1. The minimum absolute atomic E-state index is 0.117. The Kier molecular flexibility index (Phi) is 3.93. The van der Waals surface area contributed by atoms with Gasteiger partial charge in [0.25, 0.3) is 0 Å². The number of carbonyl (C=O) groups is 1. The van der Waals surface area contributed by atoms with Gasteiger partial charge in [-0.25, -0.2) is 4.39 Å². The number of hydrogen-bond donors (Lipinski definition) is 2. The lowest BCUT2D eigenvalue weighted by atomic mass is 10.1. The molecule has 5 heteroatoms. The van der Waals surface area contributed by atoms with Gasteiger partial charge in [-0.2, -0.15) is 0 Å². The predicted octanol–water partition coefficient (Wildman–Crippen LogP) is 0.159. The summed E-state index contributed by atoms with van der Waals surface area (Å²) in [6.45, 7) is 1.09. The van der Waals surface area contributed by atoms with Crippen molar-refractivity contribution in [3.63, 3.8) is 0 Å². The van der Waals surface area contributed by atoms with E-state index in [-0.39, 0.29) is 24.2 Å².